The summed E-state index contributed by atoms with van der Waals surface area (Å²) in [6.45, 7) is 4.06. The molecule has 0 aromatic heterocycles. The minimum absolute atomic E-state index is 0.00981. The van der Waals surface area contributed by atoms with Gasteiger partial charge in [-0.15, -0.1) is 0 Å². The largest absolute Gasteiger partial charge is 0.483 e. The first kappa shape index (κ1) is 24.7. The van der Waals surface area contributed by atoms with Crippen LogP contribution in [0.15, 0.2) is 76.8 Å². The molecule has 3 aromatic rings. The molecule has 0 radical (unpaired) electrons. The highest BCUT2D eigenvalue weighted by Gasteiger charge is 2.11. The zero-order valence-electron chi connectivity index (χ0n) is 18.9. The van der Waals surface area contributed by atoms with Crippen LogP contribution in [0.4, 0.5) is 5.69 Å². The first-order chi connectivity index (χ1) is 16.4. The number of carbonyl (C=O) groups is 2. The molecule has 0 spiro atoms. The van der Waals surface area contributed by atoms with E-state index >= 15 is 0 Å². The third-order valence-electron chi connectivity index (χ3n) is 4.95. The fourth-order valence-corrected chi connectivity index (χ4v) is 3.62. The van der Waals surface area contributed by atoms with Crippen LogP contribution in [0.2, 0.25) is 0 Å². The molecule has 34 heavy (non-hydrogen) atoms. The van der Waals surface area contributed by atoms with Crippen molar-refractivity contribution in [3.63, 3.8) is 0 Å². The normalized spacial score (nSPS) is 10.8. The van der Waals surface area contributed by atoms with Crippen LogP contribution >= 0.6 is 15.9 Å². The lowest BCUT2D eigenvalue weighted by Gasteiger charge is -2.11. The average Bonchev–Trinajstić information content (AvgIpc) is 2.83. The standard InChI is InChI=1S/C27H24BrN3O3/c1-18-8-9-19(2)24(12-18)31-26(32)17-34-25-11-10-21(14-23(25)28)13-22(15-29)27(33)30-16-20-6-4-3-5-7-20/h3-14H,16-17H2,1-2H3,(H,30,33)(H,31,32)/b22-13+. The second kappa shape index (κ2) is 11.8. The van der Waals surface area contributed by atoms with Crippen molar-refractivity contribution in [3.05, 3.63) is 99.0 Å². The Morgan fingerprint density at radius 3 is 2.53 bits per heavy atom. The Labute approximate surface area is 207 Å². The number of carbonyl (C=O) groups excluding carboxylic acids is 2. The van der Waals surface area contributed by atoms with E-state index in [1.165, 1.54) is 6.08 Å². The Kier molecular flexibility index (Phi) is 8.60. The van der Waals surface area contributed by atoms with Gasteiger partial charge < -0.3 is 15.4 Å². The molecule has 0 heterocycles. The van der Waals surface area contributed by atoms with Crippen LogP contribution in [-0.2, 0) is 16.1 Å². The first-order valence-corrected chi connectivity index (χ1v) is 11.4. The number of anilines is 1. The number of amides is 2. The van der Waals surface area contributed by atoms with Gasteiger partial charge in [0.2, 0.25) is 0 Å². The molecule has 0 aliphatic carbocycles. The maximum atomic E-state index is 12.4. The Morgan fingerprint density at radius 2 is 1.82 bits per heavy atom. The number of nitrogens with one attached hydrogen (secondary N) is 2. The van der Waals surface area contributed by atoms with Gasteiger partial charge in [-0.1, -0.05) is 48.5 Å². The minimum atomic E-state index is -0.453. The third-order valence-corrected chi connectivity index (χ3v) is 5.57. The van der Waals surface area contributed by atoms with Gasteiger partial charge >= 0.3 is 0 Å². The molecule has 0 unspecified atom stereocenters. The van der Waals surface area contributed by atoms with Crippen molar-refractivity contribution in [3.8, 4) is 11.8 Å². The summed E-state index contributed by atoms with van der Waals surface area (Å²) >= 11 is 3.43. The van der Waals surface area contributed by atoms with Gasteiger partial charge in [0.15, 0.2) is 6.61 Å². The molecule has 0 aliphatic rings. The molecular formula is C27H24BrN3O3. The van der Waals surface area contributed by atoms with Crippen LogP contribution in [0.3, 0.4) is 0 Å². The number of nitriles is 1. The summed E-state index contributed by atoms with van der Waals surface area (Å²) in [5.41, 5.74) is 4.35. The van der Waals surface area contributed by atoms with Crippen LogP contribution < -0.4 is 15.4 Å². The maximum Gasteiger partial charge on any atom is 0.262 e. The summed E-state index contributed by atoms with van der Waals surface area (Å²) in [6, 6.07) is 22.4. The van der Waals surface area contributed by atoms with Gasteiger partial charge in [-0.25, -0.2) is 0 Å². The highest BCUT2D eigenvalue weighted by molar-refractivity contribution is 9.10. The van der Waals surface area contributed by atoms with Crippen molar-refractivity contribution in [2.45, 2.75) is 20.4 Å². The predicted octanol–water partition coefficient (Wildman–Crippen LogP) is 5.31. The fourth-order valence-electron chi connectivity index (χ4n) is 3.11. The molecule has 7 heteroatoms. The third kappa shape index (κ3) is 7.06. The molecule has 0 bridgehead atoms. The van der Waals surface area contributed by atoms with E-state index in [0.29, 0.717) is 22.3 Å². The van der Waals surface area contributed by atoms with Crippen LogP contribution in [0.5, 0.6) is 5.75 Å². The summed E-state index contributed by atoms with van der Waals surface area (Å²) in [6.07, 6.45) is 1.50. The van der Waals surface area contributed by atoms with Crippen LogP contribution in [0.1, 0.15) is 22.3 Å². The SMILES string of the molecule is Cc1ccc(C)c(NC(=O)COc2ccc(/C=C(\C#N)C(=O)NCc3ccccc3)cc2Br)c1. The van der Waals surface area contributed by atoms with Gasteiger partial charge in [-0.2, -0.15) is 5.26 Å². The molecule has 2 amide bonds. The second-order valence-electron chi connectivity index (χ2n) is 7.68. The predicted molar refractivity (Wildman–Crippen MR) is 136 cm³/mol. The maximum absolute atomic E-state index is 12.4. The van der Waals surface area contributed by atoms with Gasteiger partial charge in [0.1, 0.15) is 17.4 Å². The lowest BCUT2D eigenvalue weighted by atomic mass is 10.1. The molecule has 6 nitrogen and oxygen atoms in total. The van der Waals surface area contributed by atoms with Gasteiger partial charge in [0.25, 0.3) is 11.8 Å². The van der Waals surface area contributed by atoms with Crippen molar-refractivity contribution in [1.29, 1.82) is 5.26 Å². The van der Waals surface area contributed by atoms with Crippen LogP contribution in [0, 0.1) is 25.2 Å². The van der Waals surface area contributed by atoms with E-state index in [2.05, 4.69) is 26.6 Å². The lowest BCUT2D eigenvalue weighted by molar-refractivity contribution is -0.118. The molecule has 0 fully saturated rings. The number of hydrogen-bond acceptors (Lipinski definition) is 4. The van der Waals surface area contributed by atoms with Crippen LogP contribution in [-0.4, -0.2) is 18.4 Å². The van der Waals surface area contributed by atoms with E-state index in [-0.39, 0.29) is 18.1 Å². The fraction of sp³-hybridized carbons (Fsp3) is 0.148. The van der Waals surface area contributed by atoms with E-state index in [4.69, 9.17) is 4.74 Å². The minimum Gasteiger partial charge on any atom is -0.483 e. The Balaban J connectivity index is 1.60. The highest BCUT2D eigenvalue weighted by atomic mass is 79.9. The molecule has 2 N–H and O–H groups in total. The zero-order valence-corrected chi connectivity index (χ0v) is 20.5. The number of benzene rings is 3. The smallest absolute Gasteiger partial charge is 0.262 e. The molecule has 0 aliphatic heterocycles. The second-order valence-corrected chi connectivity index (χ2v) is 8.54. The van der Waals surface area contributed by atoms with Crippen molar-refractivity contribution in [2.75, 3.05) is 11.9 Å². The highest BCUT2D eigenvalue weighted by Crippen LogP contribution is 2.27. The van der Waals surface area contributed by atoms with Gasteiger partial charge in [-0.3, -0.25) is 9.59 Å². The van der Waals surface area contributed by atoms with Gasteiger partial charge in [-0.05, 0) is 76.3 Å². The van der Waals surface area contributed by atoms with Crippen molar-refractivity contribution < 1.29 is 14.3 Å². The Morgan fingerprint density at radius 1 is 1.06 bits per heavy atom. The van der Waals surface area contributed by atoms with Crippen molar-refractivity contribution in [1.82, 2.24) is 5.32 Å². The van der Waals surface area contributed by atoms with Gasteiger partial charge in [0, 0.05) is 12.2 Å². The Hall–Kier alpha value is -3.89. The number of hydrogen-bond donors (Lipinski definition) is 2. The molecule has 0 saturated carbocycles. The summed E-state index contributed by atoms with van der Waals surface area (Å²) in [7, 11) is 0. The number of rotatable bonds is 8. The topological polar surface area (TPSA) is 91.2 Å². The number of nitrogens with zero attached hydrogens (tertiary/aromatic N) is 1. The molecular weight excluding hydrogens is 494 g/mol. The van der Waals surface area contributed by atoms with E-state index in [0.717, 1.165) is 22.4 Å². The van der Waals surface area contributed by atoms with Crippen molar-refractivity contribution >= 4 is 39.5 Å². The number of halogens is 1. The molecule has 172 valence electrons. The van der Waals surface area contributed by atoms with E-state index < -0.39 is 5.91 Å². The summed E-state index contributed by atoms with van der Waals surface area (Å²) < 4.78 is 6.24. The average molecular weight is 518 g/mol. The van der Waals surface area contributed by atoms with Crippen LogP contribution in [0.25, 0.3) is 6.08 Å². The lowest BCUT2D eigenvalue weighted by Crippen LogP contribution is -2.23. The molecule has 0 saturated heterocycles. The first-order valence-electron chi connectivity index (χ1n) is 10.6. The monoisotopic (exact) mass is 517 g/mol. The molecule has 3 aromatic carbocycles. The zero-order chi connectivity index (χ0) is 24.5. The van der Waals surface area contributed by atoms with E-state index in [1.54, 1.807) is 18.2 Å². The summed E-state index contributed by atoms with van der Waals surface area (Å²) in [5, 5.41) is 15.0. The number of aryl methyl sites for hydroxylation is 2. The van der Waals surface area contributed by atoms with Crippen molar-refractivity contribution in [2.24, 2.45) is 0 Å². The summed E-state index contributed by atoms with van der Waals surface area (Å²) in [4.78, 5) is 24.7. The molecule has 0 atom stereocenters. The van der Waals surface area contributed by atoms with E-state index in [9.17, 15) is 14.9 Å². The molecule has 3 rings (SSSR count). The Bertz CT molecular complexity index is 1260. The summed E-state index contributed by atoms with van der Waals surface area (Å²) in [5.74, 6) is -0.252. The number of ether oxygens (including phenoxy) is 1. The van der Waals surface area contributed by atoms with Gasteiger partial charge in [0.05, 0.1) is 4.47 Å². The van der Waals surface area contributed by atoms with E-state index in [1.807, 2.05) is 68.4 Å². The quantitative estimate of drug-likeness (QED) is 0.313.